The fraction of sp³-hybridized carbons (Fsp3) is 0.312. The summed E-state index contributed by atoms with van der Waals surface area (Å²) in [6.45, 7) is 4.88. The number of rotatable bonds is 5. The van der Waals surface area contributed by atoms with Gasteiger partial charge in [-0.05, 0) is 31.0 Å². The van der Waals surface area contributed by atoms with Crippen molar-refractivity contribution < 1.29 is 9.53 Å². The minimum absolute atomic E-state index is 0.148. The van der Waals surface area contributed by atoms with Crippen molar-refractivity contribution >= 4 is 23.3 Å². The molecule has 1 heterocycles. The summed E-state index contributed by atoms with van der Waals surface area (Å²) in [6.07, 6.45) is 2.66. The van der Waals surface area contributed by atoms with E-state index in [0.717, 1.165) is 24.1 Å². The Labute approximate surface area is 129 Å². The van der Waals surface area contributed by atoms with Crippen molar-refractivity contribution in [1.29, 1.82) is 0 Å². The maximum absolute atomic E-state index is 12.2. The number of benzene rings is 1. The molecule has 0 saturated heterocycles. The van der Waals surface area contributed by atoms with Crippen LogP contribution in [0.25, 0.3) is 0 Å². The quantitative estimate of drug-likeness (QED) is 0.855. The van der Waals surface area contributed by atoms with E-state index >= 15 is 0 Å². The van der Waals surface area contributed by atoms with E-state index in [1.807, 2.05) is 36.6 Å². The zero-order chi connectivity index (χ0) is 15.4. The minimum atomic E-state index is -0.392. The van der Waals surface area contributed by atoms with Gasteiger partial charge < -0.3 is 15.0 Å². The highest BCUT2D eigenvalue weighted by molar-refractivity contribution is 6.31. The Bertz CT molecular complexity index is 650. The van der Waals surface area contributed by atoms with Crippen LogP contribution in [0, 0.1) is 6.92 Å². The van der Waals surface area contributed by atoms with Crippen molar-refractivity contribution in [2.45, 2.75) is 33.4 Å². The lowest BCUT2D eigenvalue weighted by Crippen LogP contribution is -2.12. The highest BCUT2D eigenvalue weighted by Gasteiger charge is 2.14. The maximum atomic E-state index is 12.2. The Kier molecular flexibility index (Phi) is 4.91. The summed E-state index contributed by atoms with van der Waals surface area (Å²) in [5, 5.41) is 0.603. The molecule has 0 aliphatic heterocycles. The minimum Gasteiger partial charge on any atom is -0.456 e. The van der Waals surface area contributed by atoms with Gasteiger partial charge in [-0.25, -0.2) is 4.79 Å². The van der Waals surface area contributed by atoms with E-state index in [1.54, 1.807) is 12.3 Å². The number of carbonyl (C=O) groups excluding carboxylic acids is 1. The standard InChI is InChI=1S/C16H19ClN2O2/c1-3-6-19-9-13(18)8-15(19)16(20)21-10-12-5-4-11(2)7-14(12)17/h4-5,7-9H,3,6,10,18H2,1-2H3. The zero-order valence-electron chi connectivity index (χ0n) is 12.2. The summed E-state index contributed by atoms with van der Waals surface area (Å²) in [5.41, 5.74) is 8.63. The molecule has 0 aliphatic carbocycles. The molecule has 0 unspecified atom stereocenters. The molecule has 4 nitrogen and oxygen atoms in total. The van der Waals surface area contributed by atoms with Crippen molar-refractivity contribution in [2.75, 3.05) is 5.73 Å². The smallest absolute Gasteiger partial charge is 0.355 e. The Hall–Kier alpha value is -1.94. The molecule has 0 atom stereocenters. The van der Waals surface area contributed by atoms with Crippen LogP contribution in [-0.4, -0.2) is 10.5 Å². The molecule has 1 aromatic carbocycles. The molecule has 2 aromatic rings. The third kappa shape index (κ3) is 3.79. The predicted octanol–water partition coefficient (Wildman–Crippen LogP) is 3.80. The van der Waals surface area contributed by atoms with Gasteiger partial charge in [-0.3, -0.25) is 0 Å². The Morgan fingerprint density at radius 2 is 2.14 bits per heavy atom. The van der Waals surface area contributed by atoms with Crippen molar-refractivity contribution in [1.82, 2.24) is 4.57 Å². The number of aryl methyl sites for hydroxylation is 2. The van der Waals surface area contributed by atoms with Gasteiger partial charge in [0.25, 0.3) is 0 Å². The third-order valence-corrected chi connectivity index (χ3v) is 3.51. The van der Waals surface area contributed by atoms with E-state index in [1.165, 1.54) is 0 Å². The highest BCUT2D eigenvalue weighted by Crippen LogP contribution is 2.19. The summed E-state index contributed by atoms with van der Waals surface area (Å²) in [7, 11) is 0. The second kappa shape index (κ2) is 6.68. The zero-order valence-corrected chi connectivity index (χ0v) is 13.0. The largest absolute Gasteiger partial charge is 0.456 e. The van der Waals surface area contributed by atoms with Crippen LogP contribution in [0.15, 0.2) is 30.5 Å². The first-order valence-corrected chi connectivity index (χ1v) is 7.27. The number of nitrogens with zero attached hydrogens (tertiary/aromatic N) is 1. The topological polar surface area (TPSA) is 57.2 Å². The van der Waals surface area contributed by atoms with Crippen LogP contribution in [0.2, 0.25) is 5.02 Å². The fourth-order valence-electron chi connectivity index (χ4n) is 2.12. The van der Waals surface area contributed by atoms with Crippen LogP contribution in [0.3, 0.4) is 0 Å². The number of ether oxygens (including phenoxy) is 1. The molecular weight excluding hydrogens is 288 g/mol. The summed E-state index contributed by atoms with van der Waals surface area (Å²) < 4.78 is 7.15. The van der Waals surface area contributed by atoms with Crippen molar-refractivity contribution in [3.8, 4) is 0 Å². The molecule has 0 bridgehead atoms. The van der Waals surface area contributed by atoms with Crippen LogP contribution < -0.4 is 5.73 Å². The SMILES string of the molecule is CCCn1cc(N)cc1C(=O)OCc1ccc(C)cc1Cl. The summed E-state index contributed by atoms with van der Waals surface area (Å²) in [6, 6.07) is 7.29. The van der Waals surface area contributed by atoms with E-state index in [2.05, 4.69) is 0 Å². The van der Waals surface area contributed by atoms with Gasteiger partial charge in [0.05, 0.1) is 5.69 Å². The Balaban J connectivity index is 2.08. The molecule has 21 heavy (non-hydrogen) atoms. The van der Waals surface area contributed by atoms with E-state index in [0.29, 0.717) is 16.4 Å². The van der Waals surface area contributed by atoms with Gasteiger partial charge in [-0.15, -0.1) is 0 Å². The van der Waals surface area contributed by atoms with Crippen LogP contribution in [-0.2, 0) is 17.9 Å². The normalized spacial score (nSPS) is 10.6. The van der Waals surface area contributed by atoms with Gasteiger partial charge in [0.15, 0.2) is 0 Å². The number of nitrogens with two attached hydrogens (primary N) is 1. The first-order valence-electron chi connectivity index (χ1n) is 6.89. The van der Waals surface area contributed by atoms with Gasteiger partial charge in [-0.1, -0.05) is 30.7 Å². The number of halogens is 1. The fourth-order valence-corrected chi connectivity index (χ4v) is 2.41. The summed E-state index contributed by atoms with van der Waals surface area (Å²) in [5.74, 6) is -0.392. The lowest BCUT2D eigenvalue weighted by Gasteiger charge is -2.09. The molecule has 1 aromatic heterocycles. The molecule has 0 spiro atoms. The Morgan fingerprint density at radius 3 is 2.81 bits per heavy atom. The number of hydrogen-bond acceptors (Lipinski definition) is 3. The van der Waals surface area contributed by atoms with E-state index in [4.69, 9.17) is 22.1 Å². The monoisotopic (exact) mass is 306 g/mol. The number of anilines is 1. The van der Waals surface area contributed by atoms with E-state index < -0.39 is 5.97 Å². The molecule has 0 radical (unpaired) electrons. The lowest BCUT2D eigenvalue weighted by atomic mass is 10.2. The third-order valence-electron chi connectivity index (χ3n) is 3.16. The van der Waals surface area contributed by atoms with Crippen molar-refractivity contribution in [3.63, 3.8) is 0 Å². The summed E-state index contributed by atoms with van der Waals surface area (Å²) in [4.78, 5) is 12.2. The number of carbonyl (C=O) groups is 1. The van der Waals surface area contributed by atoms with Gasteiger partial charge in [0, 0.05) is 23.3 Å². The first kappa shape index (κ1) is 15.4. The maximum Gasteiger partial charge on any atom is 0.355 e. The van der Waals surface area contributed by atoms with Crippen LogP contribution in [0.1, 0.15) is 35.0 Å². The van der Waals surface area contributed by atoms with Crippen LogP contribution >= 0.6 is 11.6 Å². The van der Waals surface area contributed by atoms with Gasteiger partial charge >= 0.3 is 5.97 Å². The molecule has 0 fully saturated rings. The molecule has 2 rings (SSSR count). The molecule has 5 heteroatoms. The van der Waals surface area contributed by atoms with E-state index in [-0.39, 0.29) is 6.61 Å². The summed E-state index contributed by atoms with van der Waals surface area (Å²) >= 11 is 6.13. The van der Waals surface area contributed by atoms with Gasteiger partial charge in [0.1, 0.15) is 12.3 Å². The average molecular weight is 307 g/mol. The second-order valence-electron chi connectivity index (χ2n) is 5.02. The predicted molar refractivity (Wildman–Crippen MR) is 84.4 cm³/mol. The lowest BCUT2D eigenvalue weighted by molar-refractivity contribution is 0.0460. The molecule has 0 saturated carbocycles. The highest BCUT2D eigenvalue weighted by atomic mass is 35.5. The molecule has 112 valence electrons. The second-order valence-corrected chi connectivity index (χ2v) is 5.43. The molecule has 0 aliphatic rings. The number of esters is 1. The number of aromatic nitrogens is 1. The van der Waals surface area contributed by atoms with Crippen molar-refractivity contribution in [2.24, 2.45) is 0 Å². The van der Waals surface area contributed by atoms with Crippen LogP contribution in [0.4, 0.5) is 5.69 Å². The number of hydrogen-bond donors (Lipinski definition) is 1. The molecule has 2 N–H and O–H groups in total. The van der Waals surface area contributed by atoms with E-state index in [9.17, 15) is 4.79 Å². The van der Waals surface area contributed by atoms with Gasteiger partial charge in [0.2, 0.25) is 0 Å². The van der Waals surface area contributed by atoms with Crippen LogP contribution in [0.5, 0.6) is 0 Å². The Morgan fingerprint density at radius 1 is 1.38 bits per heavy atom. The average Bonchev–Trinajstić information content (AvgIpc) is 2.79. The van der Waals surface area contributed by atoms with Crippen molar-refractivity contribution in [3.05, 3.63) is 52.3 Å². The van der Waals surface area contributed by atoms with Gasteiger partial charge in [-0.2, -0.15) is 0 Å². The first-order chi connectivity index (χ1) is 10.0. The number of nitrogen functional groups attached to an aromatic ring is 1. The molecular formula is C16H19ClN2O2. The molecule has 0 amide bonds.